The Labute approximate surface area is 125 Å². The first-order chi connectivity index (χ1) is 10.2. The number of phenolic OH excluding ortho intramolecular Hbond substituents is 1. The summed E-state index contributed by atoms with van der Waals surface area (Å²) in [6.07, 6.45) is -0.284. The van der Waals surface area contributed by atoms with Gasteiger partial charge in [-0.25, -0.2) is 0 Å². The Hall–Kier alpha value is -2.34. The fourth-order valence-electron chi connectivity index (χ4n) is 2.10. The number of thiophene rings is 1. The van der Waals surface area contributed by atoms with E-state index >= 15 is 0 Å². The van der Waals surface area contributed by atoms with Gasteiger partial charge in [0.2, 0.25) is 6.10 Å². The summed E-state index contributed by atoms with van der Waals surface area (Å²) in [7, 11) is 0. The molecule has 1 amide bonds. The van der Waals surface area contributed by atoms with Crippen molar-refractivity contribution in [3.8, 4) is 5.75 Å². The van der Waals surface area contributed by atoms with Crippen LogP contribution in [0.4, 0.5) is 0 Å². The Morgan fingerprint density at radius 3 is 3.00 bits per heavy atom. The molecule has 0 fully saturated rings. The summed E-state index contributed by atoms with van der Waals surface area (Å²) in [5, 5.41) is 18.5. The summed E-state index contributed by atoms with van der Waals surface area (Å²) < 4.78 is 0. The van der Waals surface area contributed by atoms with Crippen LogP contribution in [0.3, 0.4) is 0 Å². The first kappa shape index (κ1) is 13.6. The van der Waals surface area contributed by atoms with Crippen LogP contribution in [0.2, 0.25) is 0 Å². The Morgan fingerprint density at radius 1 is 1.38 bits per heavy atom. The quantitative estimate of drug-likeness (QED) is 0.910. The highest BCUT2D eigenvalue weighted by Gasteiger charge is 2.29. The number of amides is 1. The van der Waals surface area contributed by atoms with Crippen molar-refractivity contribution in [1.29, 1.82) is 0 Å². The SMILES string of the molecule is O=C(NCc1cccs1)C1CC(c2ccccc2O)=NO1. The molecule has 1 aliphatic rings. The molecule has 0 spiro atoms. The Morgan fingerprint density at radius 2 is 2.24 bits per heavy atom. The van der Waals surface area contributed by atoms with Crippen LogP contribution in [0.1, 0.15) is 16.9 Å². The van der Waals surface area contributed by atoms with Gasteiger partial charge in [0.25, 0.3) is 5.91 Å². The van der Waals surface area contributed by atoms with Crippen LogP contribution in [-0.4, -0.2) is 22.8 Å². The fraction of sp³-hybridized carbons (Fsp3) is 0.200. The van der Waals surface area contributed by atoms with E-state index < -0.39 is 6.10 Å². The first-order valence-corrected chi connectivity index (χ1v) is 7.43. The summed E-state index contributed by atoms with van der Waals surface area (Å²) in [5.41, 5.74) is 1.19. The van der Waals surface area contributed by atoms with Gasteiger partial charge in [-0.2, -0.15) is 0 Å². The normalized spacial score (nSPS) is 17.1. The van der Waals surface area contributed by atoms with E-state index in [1.165, 1.54) is 0 Å². The minimum Gasteiger partial charge on any atom is -0.507 e. The molecular weight excluding hydrogens is 288 g/mol. The number of carbonyl (C=O) groups is 1. The van der Waals surface area contributed by atoms with E-state index in [4.69, 9.17) is 4.84 Å². The van der Waals surface area contributed by atoms with Gasteiger partial charge in [-0.05, 0) is 23.6 Å². The predicted molar refractivity (Wildman–Crippen MR) is 80.3 cm³/mol. The summed E-state index contributed by atoms with van der Waals surface area (Å²) in [6, 6.07) is 10.8. The van der Waals surface area contributed by atoms with Crippen LogP contribution in [-0.2, 0) is 16.2 Å². The van der Waals surface area contributed by atoms with E-state index in [2.05, 4.69) is 10.5 Å². The van der Waals surface area contributed by atoms with Crippen molar-refractivity contribution >= 4 is 23.0 Å². The Bertz CT molecular complexity index is 667. The third-order valence-electron chi connectivity index (χ3n) is 3.19. The summed E-state index contributed by atoms with van der Waals surface area (Å²) >= 11 is 1.59. The highest BCUT2D eigenvalue weighted by molar-refractivity contribution is 7.09. The molecule has 0 saturated heterocycles. The van der Waals surface area contributed by atoms with Gasteiger partial charge in [0.1, 0.15) is 5.75 Å². The minimum atomic E-state index is -0.639. The van der Waals surface area contributed by atoms with Gasteiger partial charge in [0, 0.05) is 16.9 Å². The molecule has 6 heteroatoms. The maximum absolute atomic E-state index is 12.0. The van der Waals surface area contributed by atoms with Crippen molar-refractivity contribution < 1.29 is 14.7 Å². The standard InChI is InChI=1S/C15H14N2O3S/c18-13-6-2-1-5-11(13)12-8-14(20-17-12)15(19)16-9-10-4-3-7-21-10/h1-7,14,18H,8-9H2,(H,16,19). The number of para-hydroxylation sites is 1. The van der Waals surface area contributed by atoms with Crippen molar-refractivity contribution in [2.45, 2.75) is 19.1 Å². The number of rotatable bonds is 4. The maximum Gasteiger partial charge on any atom is 0.264 e. The van der Waals surface area contributed by atoms with Crippen molar-refractivity contribution in [3.63, 3.8) is 0 Å². The second kappa shape index (κ2) is 5.97. The van der Waals surface area contributed by atoms with E-state index in [1.54, 1.807) is 29.5 Å². The third kappa shape index (κ3) is 3.05. The zero-order valence-corrected chi connectivity index (χ0v) is 12.0. The molecule has 1 unspecified atom stereocenters. The molecule has 1 atom stereocenters. The number of hydrogen-bond acceptors (Lipinski definition) is 5. The van der Waals surface area contributed by atoms with Crippen LogP contribution in [0.5, 0.6) is 5.75 Å². The second-order valence-corrected chi connectivity index (χ2v) is 5.68. The lowest BCUT2D eigenvalue weighted by Gasteiger charge is -2.08. The monoisotopic (exact) mass is 302 g/mol. The number of benzene rings is 1. The molecule has 0 aliphatic carbocycles. The minimum absolute atomic E-state index is 0.138. The molecule has 0 bridgehead atoms. The molecule has 2 N–H and O–H groups in total. The largest absolute Gasteiger partial charge is 0.507 e. The molecule has 5 nitrogen and oxygen atoms in total. The van der Waals surface area contributed by atoms with Crippen LogP contribution < -0.4 is 5.32 Å². The molecule has 108 valence electrons. The number of hydrogen-bond donors (Lipinski definition) is 2. The molecule has 1 aromatic carbocycles. The predicted octanol–water partition coefficient (Wildman–Crippen LogP) is 2.26. The second-order valence-electron chi connectivity index (χ2n) is 4.65. The molecule has 0 radical (unpaired) electrons. The van der Waals surface area contributed by atoms with E-state index in [0.29, 0.717) is 24.2 Å². The van der Waals surface area contributed by atoms with E-state index in [9.17, 15) is 9.90 Å². The third-order valence-corrected chi connectivity index (χ3v) is 4.07. The van der Waals surface area contributed by atoms with Gasteiger partial charge in [-0.15, -0.1) is 11.3 Å². The molecule has 2 heterocycles. The lowest BCUT2D eigenvalue weighted by molar-refractivity contribution is -0.131. The number of nitrogens with one attached hydrogen (secondary N) is 1. The topological polar surface area (TPSA) is 70.9 Å². The average molecular weight is 302 g/mol. The van der Waals surface area contributed by atoms with Gasteiger partial charge in [-0.3, -0.25) is 4.79 Å². The molecule has 3 rings (SSSR count). The lowest BCUT2D eigenvalue weighted by atomic mass is 10.0. The zero-order chi connectivity index (χ0) is 14.7. The van der Waals surface area contributed by atoms with Crippen molar-refractivity contribution in [2.24, 2.45) is 5.16 Å². The smallest absolute Gasteiger partial charge is 0.264 e. The Kier molecular flexibility index (Phi) is 3.87. The first-order valence-electron chi connectivity index (χ1n) is 6.55. The number of phenols is 1. The number of nitrogens with zero attached hydrogens (tertiary/aromatic N) is 1. The van der Waals surface area contributed by atoms with Crippen molar-refractivity contribution in [3.05, 3.63) is 52.2 Å². The van der Waals surface area contributed by atoms with E-state index in [1.807, 2.05) is 23.6 Å². The molecule has 21 heavy (non-hydrogen) atoms. The number of aromatic hydroxyl groups is 1. The fourth-order valence-corrected chi connectivity index (χ4v) is 2.74. The Balaban J connectivity index is 1.58. The molecule has 0 saturated carbocycles. The highest BCUT2D eigenvalue weighted by Crippen LogP contribution is 2.23. The van der Waals surface area contributed by atoms with Gasteiger partial charge in [-0.1, -0.05) is 23.4 Å². The van der Waals surface area contributed by atoms with E-state index in [0.717, 1.165) is 4.88 Å². The van der Waals surface area contributed by atoms with Crippen LogP contribution >= 0.6 is 11.3 Å². The highest BCUT2D eigenvalue weighted by atomic mass is 32.1. The van der Waals surface area contributed by atoms with Gasteiger partial charge < -0.3 is 15.3 Å². The van der Waals surface area contributed by atoms with Crippen LogP contribution in [0, 0.1) is 0 Å². The summed E-state index contributed by atoms with van der Waals surface area (Å²) in [5.74, 6) is -0.0583. The maximum atomic E-state index is 12.0. The van der Waals surface area contributed by atoms with Crippen molar-refractivity contribution in [1.82, 2.24) is 5.32 Å². The molecule has 1 aliphatic heterocycles. The van der Waals surface area contributed by atoms with Gasteiger partial charge >= 0.3 is 0 Å². The zero-order valence-electron chi connectivity index (χ0n) is 11.2. The average Bonchev–Trinajstić information content (AvgIpc) is 3.17. The van der Waals surface area contributed by atoms with Gasteiger partial charge in [0.15, 0.2) is 0 Å². The van der Waals surface area contributed by atoms with Crippen molar-refractivity contribution in [2.75, 3.05) is 0 Å². The number of oxime groups is 1. The lowest BCUT2D eigenvalue weighted by Crippen LogP contribution is -2.34. The molecule has 2 aromatic rings. The summed E-state index contributed by atoms with van der Waals surface area (Å²) in [6.45, 7) is 0.488. The van der Waals surface area contributed by atoms with Gasteiger partial charge in [0.05, 0.1) is 12.3 Å². The summed E-state index contributed by atoms with van der Waals surface area (Å²) in [4.78, 5) is 18.3. The van der Waals surface area contributed by atoms with E-state index in [-0.39, 0.29) is 11.7 Å². The van der Waals surface area contributed by atoms with Crippen LogP contribution in [0.15, 0.2) is 46.9 Å². The molecule has 1 aromatic heterocycles. The van der Waals surface area contributed by atoms with Crippen LogP contribution in [0.25, 0.3) is 0 Å². The number of carbonyl (C=O) groups excluding carboxylic acids is 1. The molecular formula is C15H14N2O3S.